The smallest absolute Gasteiger partial charge is 0.270 e. The van der Waals surface area contributed by atoms with Crippen LogP contribution in [-0.4, -0.2) is 75.4 Å². The number of hydrogen-bond donors (Lipinski definition) is 3. The van der Waals surface area contributed by atoms with Gasteiger partial charge in [0, 0.05) is 67.8 Å². The number of nitrogens with zero attached hydrogens (tertiary/aromatic N) is 4. The molecule has 10 nitrogen and oxygen atoms in total. The Labute approximate surface area is 208 Å². The van der Waals surface area contributed by atoms with Crippen LogP contribution in [-0.2, 0) is 4.74 Å². The van der Waals surface area contributed by atoms with Crippen LogP contribution in [0.1, 0.15) is 23.3 Å². The SMILES string of the molecule is O=C(c1cc2cc(Nc3nccc(-c4cc(OCCCO)ccn4)n3)ccc2[nH]1)N1CCCOCC1. The highest BCUT2D eigenvalue weighted by Gasteiger charge is 2.19. The number of aromatic nitrogens is 4. The van der Waals surface area contributed by atoms with E-state index in [0.29, 0.717) is 68.1 Å². The molecule has 1 fully saturated rings. The molecule has 0 unspecified atom stereocenters. The molecule has 1 amide bonds. The van der Waals surface area contributed by atoms with E-state index in [4.69, 9.17) is 14.6 Å². The maximum Gasteiger partial charge on any atom is 0.270 e. The molecule has 5 rings (SSSR count). The monoisotopic (exact) mass is 488 g/mol. The first-order chi connectivity index (χ1) is 17.7. The lowest BCUT2D eigenvalue weighted by Crippen LogP contribution is -2.33. The van der Waals surface area contributed by atoms with Crippen molar-refractivity contribution in [2.75, 3.05) is 44.8 Å². The quantitative estimate of drug-likeness (QED) is 0.322. The molecule has 0 spiro atoms. The van der Waals surface area contributed by atoms with E-state index in [1.165, 1.54) is 0 Å². The summed E-state index contributed by atoms with van der Waals surface area (Å²) in [6, 6.07) is 13.0. The van der Waals surface area contributed by atoms with Crippen molar-refractivity contribution in [2.24, 2.45) is 0 Å². The zero-order valence-electron chi connectivity index (χ0n) is 19.8. The average molecular weight is 489 g/mol. The Kier molecular flexibility index (Phi) is 7.34. The first kappa shape index (κ1) is 23.7. The lowest BCUT2D eigenvalue weighted by Gasteiger charge is -2.18. The number of amides is 1. The topological polar surface area (TPSA) is 125 Å². The summed E-state index contributed by atoms with van der Waals surface area (Å²) in [6.07, 6.45) is 4.74. The normalized spacial score (nSPS) is 14.0. The number of rotatable bonds is 8. The van der Waals surface area contributed by atoms with Gasteiger partial charge in [-0.15, -0.1) is 0 Å². The van der Waals surface area contributed by atoms with Gasteiger partial charge in [0.25, 0.3) is 5.91 Å². The van der Waals surface area contributed by atoms with Crippen molar-refractivity contribution < 1.29 is 19.4 Å². The van der Waals surface area contributed by atoms with E-state index in [1.807, 2.05) is 35.2 Å². The molecule has 3 aromatic heterocycles. The number of pyridine rings is 1. The van der Waals surface area contributed by atoms with Crippen molar-refractivity contribution in [3.63, 3.8) is 0 Å². The lowest BCUT2D eigenvalue weighted by molar-refractivity contribution is 0.0736. The fourth-order valence-electron chi connectivity index (χ4n) is 4.03. The van der Waals surface area contributed by atoms with Crippen LogP contribution < -0.4 is 10.1 Å². The number of carbonyl (C=O) groups is 1. The molecule has 3 N–H and O–H groups in total. The van der Waals surface area contributed by atoms with Crippen LogP contribution in [0.25, 0.3) is 22.3 Å². The summed E-state index contributed by atoms with van der Waals surface area (Å²) < 4.78 is 11.1. The molecule has 10 heteroatoms. The van der Waals surface area contributed by atoms with Gasteiger partial charge >= 0.3 is 0 Å². The highest BCUT2D eigenvalue weighted by atomic mass is 16.5. The van der Waals surface area contributed by atoms with Crippen LogP contribution in [0, 0.1) is 0 Å². The Morgan fingerprint density at radius 3 is 2.92 bits per heavy atom. The van der Waals surface area contributed by atoms with Crippen molar-refractivity contribution >= 4 is 28.4 Å². The maximum absolute atomic E-state index is 12.9. The summed E-state index contributed by atoms with van der Waals surface area (Å²) in [5.41, 5.74) is 3.55. The Morgan fingerprint density at radius 2 is 2.00 bits per heavy atom. The molecular formula is C26H28N6O4. The minimum atomic E-state index is -0.0164. The second-order valence-electron chi connectivity index (χ2n) is 8.44. The number of nitrogens with one attached hydrogen (secondary N) is 2. The summed E-state index contributed by atoms with van der Waals surface area (Å²) in [5.74, 6) is 1.08. The first-order valence-corrected chi connectivity index (χ1v) is 12.0. The molecule has 1 saturated heterocycles. The van der Waals surface area contributed by atoms with E-state index < -0.39 is 0 Å². The largest absolute Gasteiger partial charge is 0.493 e. The Morgan fingerprint density at radius 1 is 1.08 bits per heavy atom. The van der Waals surface area contributed by atoms with Gasteiger partial charge in [0.15, 0.2) is 0 Å². The van der Waals surface area contributed by atoms with Crippen LogP contribution in [0.5, 0.6) is 5.75 Å². The van der Waals surface area contributed by atoms with Crippen LogP contribution in [0.2, 0.25) is 0 Å². The highest BCUT2D eigenvalue weighted by molar-refractivity contribution is 5.98. The van der Waals surface area contributed by atoms with E-state index in [9.17, 15) is 4.79 Å². The van der Waals surface area contributed by atoms with Crippen molar-refractivity contribution in [1.82, 2.24) is 24.8 Å². The van der Waals surface area contributed by atoms with Crippen molar-refractivity contribution in [3.8, 4) is 17.1 Å². The number of H-pyrrole nitrogens is 1. The highest BCUT2D eigenvalue weighted by Crippen LogP contribution is 2.25. The third kappa shape index (κ3) is 5.61. The van der Waals surface area contributed by atoms with Gasteiger partial charge in [0.2, 0.25) is 5.95 Å². The number of anilines is 2. The van der Waals surface area contributed by atoms with E-state index in [1.54, 1.807) is 24.5 Å². The minimum absolute atomic E-state index is 0.0164. The number of benzene rings is 1. The molecule has 0 radical (unpaired) electrons. The molecule has 1 aliphatic heterocycles. The van der Waals surface area contributed by atoms with Gasteiger partial charge in [-0.2, -0.15) is 0 Å². The number of aliphatic hydroxyl groups excluding tert-OH is 1. The predicted octanol–water partition coefficient (Wildman–Crippen LogP) is 3.39. The number of ether oxygens (including phenoxy) is 2. The van der Waals surface area contributed by atoms with Gasteiger partial charge < -0.3 is 29.8 Å². The van der Waals surface area contributed by atoms with Crippen molar-refractivity contribution in [2.45, 2.75) is 12.8 Å². The van der Waals surface area contributed by atoms with Gasteiger partial charge in [0.05, 0.1) is 24.6 Å². The van der Waals surface area contributed by atoms with E-state index in [0.717, 1.165) is 23.0 Å². The third-order valence-corrected chi connectivity index (χ3v) is 5.84. The predicted molar refractivity (Wildman–Crippen MR) is 135 cm³/mol. The third-order valence-electron chi connectivity index (χ3n) is 5.84. The van der Waals surface area contributed by atoms with Gasteiger partial charge in [0.1, 0.15) is 11.4 Å². The number of carbonyl (C=O) groups excluding carboxylic acids is 1. The van der Waals surface area contributed by atoms with E-state index in [2.05, 4.69) is 25.3 Å². The Bertz CT molecular complexity index is 1330. The number of fused-ring (bicyclic) bond motifs is 1. The molecule has 4 aromatic rings. The second-order valence-corrected chi connectivity index (χ2v) is 8.44. The summed E-state index contributed by atoms with van der Waals surface area (Å²) in [4.78, 5) is 31.3. The minimum Gasteiger partial charge on any atom is -0.493 e. The van der Waals surface area contributed by atoms with Gasteiger partial charge in [-0.25, -0.2) is 9.97 Å². The number of hydrogen-bond acceptors (Lipinski definition) is 8. The molecular weight excluding hydrogens is 460 g/mol. The molecule has 0 saturated carbocycles. The van der Waals surface area contributed by atoms with E-state index in [-0.39, 0.29) is 12.5 Å². The van der Waals surface area contributed by atoms with Crippen LogP contribution in [0.3, 0.4) is 0 Å². The molecule has 186 valence electrons. The number of aliphatic hydroxyl groups is 1. The molecule has 36 heavy (non-hydrogen) atoms. The zero-order valence-corrected chi connectivity index (χ0v) is 19.8. The fourth-order valence-corrected chi connectivity index (χ4v) is 4.03. The first-order valence-electron chi connectivity index (χ1n) is 12.0. The summed E-state index contributed by atoms with van der Waals surface area (Å²) in [6.45, 7) is 3.06. The molecule has 0 aliphatic carbocycles. The van der Waals surface area contributed by atoms with Crippen molar-refractivity contribution in [1.29, 1.82) is 0 Å². The van der Waals surface area contributed by atoms with Gasteiger partial charge in [-0.1, -0.05) is 0 Å². The molecule has 4 heterocycles. The number of aromatic amines is 1. The summed E-state index contributed by atoms with van der Waals surface area (Å²) in [7, 11) is 0. The molecule has 0 atom stereocenters. The summed E-state index contributed by atoms with van der Waals surface area (Å²) >= 11 is 0. The Hall–Kier alpha value is -4.02. The second kappa shape index (κ2) is 11.1. The van der Waals surface area contributed by atoms with Crippen LogP contribution >= 0.6 is 0 Å². The van der Waals surface area contributed by atoms with Crippen LogP contribution in [0.4, 0.5) is 11.6 Å². The van der Waals surface area contributed by atoms with Crippen molar-refractivity contribution in [3.05, 3.63) is 60.6 Å². The van der Waals surface area contributed by atoms with E-state index >= 15 is 0 Å². The maximum atomic E-state index is 12.9. The zero-order chi connectivity index (χ0) is 24.7. The fraction of sp³-hybridized carbons (Fsp3) is 0.308. The lowest BCUT2D eigenvalue weighted by atomic mass is 10.2. The Balaban J connectivity index is 1.31. The molecule has 1 aromatic carbocycles. The van der Waals surface area contributed by atoms with Gasteiger partial charge in [-0.3, -0.25) is 9.78 Å². The van der Waals surface area contributed by atoms with Gasteiger partial charge in [-0.05, 0) is 42.8 Å². The average Bonchev–Trinajstić information content (AvgIpc) is 3.13. The summed E-state index contributed by atoms with van der Waals surface area (Å²) in [5, 5.41) is 13.1. The standard InChI is InChI=1S/C26H28N6O4/c33-11-2-13-36-20-5-7-27-23(17-20)22-6-8-28-26(31-22)29-19-3-4-21-18(15-19)16-24(30-21)25(34)32-9-1-12-35-14-10-32/h3-8,15-17,30,33H,1-2,9-14H2,(H,28,29,31). The molecule has 0 bridgehead atoms. The molecule has 1 aliphatic rings. The van der Waals surface area contributed by atoms with Crippen LogP contribution in [0.15, 0.2) is 54.9 Å².